The Balaban J connectivity index is 1.33. The number of fused-ring (bicyclic) bond motifs is 3. The summed E-state index contributed by atoms with van der Waals surface area (Å²) in [5.74, 6) is 1.66. The summed E-state index contributed by atoms with van der Waals surface area (Å²) in [5, 5.41) is 6.34. The average molecular weight is 652 g/mol. The predicted molar refractivity (Wildman–Crippen MR) is 204 cm³/mol. The second-order valence-corrected chi connectivity index (χ2v) is 12.6. The molecule has 244 valence electrons. The smallest absolute Gasteiger partial charge is 0.532 e. The van der Waals surface area contributed by atoms with Crippen molar-refractivity contribution in [2.45, 2.75) is 25.1 Å². The summed E-state index contributed by atoms with van der Waals surface area (Å²) in [5.41, 5.74) is 6.43. The van der Waals surface area contributed by atoms with Gasteiger partial charge in [0.25, 0.3) is 0 Å². The van der Waals surface area contributed by atoms with E-state index in [1.54, 1.807) is 0 Å². The summed E-state index contributed by atoms with van der Waals surface area (Å²) in [7, 11) is -0.754. The molecule has 0 radical (unpaired) electrons. The van der Waals surface area contributed by atoms with Crippen LogP contribution >= 0.6 is 0 Å². The topological polar surface area (TPSA) is 39.7 Å². The van der Waals surface area contributed by atoms with Crippen molar-refractivity contribution in [1.29, 1.82) is 0 Å². The molecule has 1 aliphatic heterocycles. The lowest BCUT2D eigenvalue weighted by atomic mass is 9.71. The fourth-order valence-corrected chi connectivity index (χ4v) is 7.22. The number of benzene rings is 7. The molecular weight excluding hydrogens is 613 g/mol. The summed E-state index contributed by atoms with van der Waals surface area (Å²) < 4.78 is 20.4. The molecule has 7 aromatic carbocycles. The molecule has 0 aromatic heterocycles. The molecule has 8 rings (SSSR count). The lowest BCUT2D eigenvalue weighted by Gasteiger charge is -2.43. The number of nitrogens with one attached hydrogen (secondary N) is 1. The minimum atomic E-state index is -0.986. The molecule has 0 spiro atoms. The maximum absolute atomic E-state index is 7.64. The SMILES string of the molecule is CCOc1ccc(-c2ccc(B3Oc4ccc5ccccc5c4CN[C@H](c4ccccc4)C(c4ccccc4)(c4ccccc4)O3)cc2)cc1. The highest BCUT2D eigenvalue weighted by atomic mass is 16.6. The first kappa shape index (κ1) is 31.6. The third-order valence-electron chi connectivity index (χ3n) is 9.63. The molecule has 0 bridgehead atoms. The van der Waals surface area contributed by atoms with Gasteiger partial charge >= 0.3 is 7.12 Å². The second-order valence-electron chi connectivity index (χ2n) is 12.6. The van der Waals surface area contributed by atoms with Crippen LogP contribution in [-0.2, 0) is 16.8 Å². The molecule has 1 aliphatic rings. The summed E-state index contributed by atoms with van der Waals surface area (Å²) in [4.78, 5) is 0. The molecule has 0 saturated heterocycles. The molecule has 0 aliphatic carbocycles. The van der Waals surface area contributed by atoms with E-state index in [0.717, 1.165) is 55.7 Å². The normalized spacial score (nSPS) is 15.6. The Morgan fingerprint density at radius 1 is 0.640 bits per heavy atom. The van der Waals surface area contributed by atoms with Gasteiger partial charge in [-0.2, -0.15) is 0 Å². The Labute approximate surface area is 294 Å². The Hall–Kier alpha value is -5.62. The van der Waals surface area contributed by atoms with Crippen LogP contribution in [0, 0.1) is 0 Å². The molecule has 50 heavy (non-hydrogen) atoms. The van der Waals surface area contributed by atoms with Gasteiger partial charge in [-0.1, -0.05) is 158 Å². The van der Waals surface area contributed by atoms with E-state index in [2.05, 4.69) is 169 Å². The van der Waals surface area contributed by atoms with Crippen molar-refractivity contribution in [3.05, 3.63) is 198 Å². The Kier molecular flexibility index (Phi) is 8.91. The molecule has 7 aromatic rings. The highest BCUT2D eigenvalue weighted by Crippen LogP contribution is 2.46. The van der Waals surface area contributed by atoms with Crippen molar-refractivity contribution in [3.63, 3.8) is 0 Å². The van der Waals surface area contributed by atoms with Crippen molar-refractivity contribution in [2.24, 2.45) is 0 Å². The lowest BCUT2D eigenvalue weighted by Crippen LogP contribution is -2.52. The van der Waals surface area contributed by atoms with Gasteiger partial charge in [-0.15, -0.1) is 0 Å². The maximum atomic E-state index is 7.64. The molecule has 0 fully saturated rings. The van der Waals surface area contributed by atoms with Crippen LogP contribution in [0.25, 0.3) is 21.9 Å². The molecule has 1 atom stereocenters. The van der Waals surface area contributed by atoms with E-state index < -0.39 is 12.7 Å². The fourth-order valence-electron chi connectivity index (χ4n) is 7.22. The van der Waals surface area contributed by atoms with Gasteiger partial charge in [0.15, 0.2) is 0 Å². The summed E-state index contributed by atoms with van der Waals surface area (Å²) in [6.45, 7) is 3.21. The highest BCUT2D eigenvalue weighted by Gasteiger charge is 2.49. The van der Waals surface area contributed by atoms with Crippen LogP contribution < -0.4 is 20.2 Å². The van der Waals surface area contributed by atoms with E-state index in [9.17, 15) is 0 Å². The first-order chi connectivity index (χ1) is 24.7. The summed E-state index contributed by atoms with van der Waals surface area (Å²) in [6, 6.07) is 60.9. The standard InChI is InChI=1S/C45H38BNO3/c1-2-48-40-29-24-34(25-30-40)33-22-27-39(28-23-33)46-49-43-31-26-35-14-12-13-21-41(35)42(43)32-47-44(36-15-6-3-7-16-36)45(50-46,37-17-8-4-9-18-37)38-19-10-5-11-20-38/h3-31,44,47H,2,32H2,1H3/t44-/m1/s1. The molecule has 0 saturated carbocycles. The number of hydrogen-bond donors (Lipinski definition) is 1. The zero-order valence-electron chi connectivity index (χ0n) is 28.0. The van der Waals surface area contributed by atoms with Crippen molar-refractivity contribution in [3.8, 4) is 22.6 Å². The van der Waals surface area contributed by atoms with Gasteiger partial charge in [-0.05, 0) is 69.2 Å². The van der Waals surface area contributed by atoms with Gasteiger partial charge in [0, 0.05) is 12.1 Å². The largest absolute Gasteiger partial charge is 0.563 e. The predicted octanol–water partition coefficient (Wildman–Crippen LogP) is 9.48. The molecule has 5 heteroatoms. The third kappa shape index (κ3) is 6.07. The minimum absolute atomic E-state index is 0.285. The average Bonchev–Trinajstić information content (AvgIpc) is 3.26. The van der Waals surface area contributed by atoms with Crippen LogP contribution in [0.2, 0.25) is 0 Å². The maximum Gasteiger partial charge on any atom is 0.563 e. The number of hydrogen-bond acceptors (Lipinski definition) is 4. The lowest BCUT2D eigenvalue weighted by molar-refractivity contribution is 0.0496. The van der Waals surface area contributed by atoms with E-state index >= 15 is 0 Å². The molecular formula is C45H38BNO3. The van der Waals surface area contributed by atoms with E-state index in [-0.39, 0.29) is 6.04 Å². The van der Waals surface area contributed by atoms with Gasteiger partial charge in [-0.3, -0.25) is 0 Å². The van der Waals surface area contributed by atoms with Crippen LogP contribution in [0.4, 0.5) is 0 Å². The molecule has 1 N–H and O–H groups in total. The molecule has 1 heterocycles. The highest BCUT2D eigenvalue weighted by molar-refractivity contribution is 6.62. The van der Waals surface area contributed by atoms with Crippen molar-refractivity contribution < 1.29 is 14.0 Å². The van der Waals surface area contributed by atoms with Crippen LogP contribution in [-0.4, -0.2) is 13.7 Å². The van der Waals surface area contributed by atoms with Crippen molar-refractivity contribution in [1.82, 2.24) is 5.32 Å². The first-order valence-corrected chi connectivity index (χ1v) is 17.3. The van der Waals surface area contributed by atoms with Crippen LogP contribution in [0.5, 0.6) is 11.5 Å². The van der Waals surface area contributed by atoms with Gasteiger partial charge < -0.3 is 19.4 Å². The van der Waals surface area contributed by atoms with E-state index in [1.165, 1.54) is 5.39 Å². The van der Waals surface area contributed by atoms with Gasteiger partial charge in [-0.25, -0.2) is 0 Å². The number of ether oxygens (including phenoxy) is 1. The zero-order chi connectivity index (χ0) is 33.8. The quantitative estimate of drug-likeness (QED) is 0.174. The van der Waals surface area contributed by atoms with Gasteiger partial charge in [0.05, 0.1) is 12.6 Å². The van der Waals surface area contributed by atoms with Crippen LogP contribution in [0.3, 0.4) is 0 Å². The molecule has 0 amide bonds. The second kappa shape index (κ2) is 14.1. The zero-order valence-corrected chi connectivity index (χ0v) is 28.0. The van der Waals surface area contributed by atoms with Crippen molar-refractivity contribution in [2.75, 3.05) is 6.61 Å². The van der Waals surface area contributed by atoms with E-state index in [0.29, 0.717) is 13.2 Å². The Bertz CT molecular complexity index is 2130. The number of rotatable bonds is 7. The Morgan fingerprint density at radius 3 is 1.86 bits per heavy atom. The van der Waals surface area contributed by atoms with Gasteiger partial charge in [0.2, 0.25) is 0 Å². The first-order valence-electron chi connectivity index (χ1n) is 17.3. The summed E-state index contributed by atoms with van der Waals surface area (Å²) in [6.07, 6.45) is 0. The fraction of sp³-hybridized carbons (Fsp3) is 0.111. The minimum Gasteiger partial charge on any atom is -0.532 e. The van der Waals surface area contributed by atoms with Gasteiger partial charge in [0.1, 0.15) is 17.1 Å². The van der Waals surface area contributed by atoms with Crippen molar-refractivity contribution >= 4 is 23.4 Å². The van der Waals surface area contributed by atoms with E-state index in [4.69, 9.17) is 14.0 Å². The summed E-state index contributed by atoms with van der Waals surface area (Å²) >= 11 is 0. The van der Waals surface area contributed by atoms with E-state index in [1.807, 2.05) is 19.1 Å². The van der Waals surface area contributed by atoms with Crippen LogP contribution in [0.15, 0.2) is 176 Å². The van der Waals surface area contributed by atoms with Crippen LogP contribution in [0.1, 0.15) is 35.2 Å². The Morgan fingerprint density at radius 2 is 1.22 bits per heavy atom. The third-order valence-corrected chi connectivity index (χ3v) is 9.63. The monoisotopic (exact) mass is 651 g/mol. The molecule has 4 nitrogen and oxygen atoms in total. The molecule has 0 unspecified atom stereocenters.